The van der Waals surface area contributed by atoms with Crippen molar-refractivity contribution in [2.45, 2.75) is 77.7 Å². The first kappa shape index (κ1) is 24.2. The molecule has 1 aromatic carbocycles. The molecule has 0 heterocycles. The van der Waals surface area contributed by atoms with Crippen LogP contribution in [-0.2, 0) is 11.2 Å². The molecule has 1 amide bonds. The standard InChI is InChI=1S/C16H22O.C9H17NO/c17-16(13-11-15-8-4-5-9-15)12-10-14-6-2-1-3-7-14;1-3-5-6-7-8-9(11)10-4-2/h1-3,6-7,11,13,15-17H,4-5,8-10,12H2;3,5H,4,6-8H2,1-2H3,(H,10,11)/b13-11+;5-3-. The highest BCUT2D eigenvalue weighted by Crippen LogP contribution is 2.25. The van der Waals surface area contributed by atoms with E-state index in [4.69, 9.17) is 0 Å². The van der Waals surface area contributed by atoms with Crippen LogP contribution in [-0.4, -0.2) is 23.7 Å². The van der Waals surface area contributed by atoms with Gasteiger partial charge in [0.25, 0.3) is 0 Å². The van der Waals surface area contributed by atoms with Crippen LogP contribution in [0.15, 0.2) is 54.6 Å². The van der Waals surface area contributed by atoms with Crippen LogP contribution >= 0.6 is 0 Å². The second kappa shape index (κ2) is 16.1. The highest BCUT2D eigenvalue weighted by atomic mass is 16.3. The van der Waals surface area contributed by atoms with Crippen molar-refractivity contribution in [1.82, 2.24) is 5.32 Å². The number of aliphatic hydroxyl groups excluding tert-OH is 1. The Bertz CT molecular complexity index is 559. The minimum atomic E-state index is -0.282. The van der Waals surface area contributed by atoms with E-state index < -0.39 is 0 Å². The SMILES string of the molecule is C/C=C\CCCC(=O)NCC.OC(/C=C/C1CCCC1)CCc1ccccc1. The number of hydrogen-bond acceptors (Lipinski definition) is 2. The fraction of sp³-hybridized carbons (Fsp3) is 0.560. The summed E-state index contributed by atoms with van der Waals surface area (Å²) in [6.45, 7) is 4.67. The van der Waals surface area contributed by atoms with Gasteiger partial charge in [-0.2, -0.15) is 0 Å². The predicted molar refractivity (Wildman–Crippen MR) is 119 cm³/mol. The second-order valence-electron chi connectivity index (χ2n) is 7.44. The number of benzene rings is 1. The van der Waals surface area contributed by atoms with E-state index in [0.717, 1.165) is 38.1 Å². The third-order valence-corrected chi connectivity index (χ3v) is 4.96. The molecule has 1 aliphatic rings. The molecule has 156 valence electrons. The first-order chi connectivity index (χ1) is 13.7. The van der Waals surface area contributed by atoms with Crippen LogP contribution < -0.4 is 5.32 Å². The number of amides is 1. The molecule has 0 radical (unpaired) electrons. The molecule has 0 aromatic heterocycles. The van der Waals surface area contributed by atoms with E-state index in [9.17, 15) is 9.90 Å². The molecular weight excluding hydrogens is 346 g/mol. The fourth-order valence-corrected chi connectivity index (χ4v) is 3.32. The summed E-state index contributed by atoms with van der Waals surface area (Å²) in [7, 11) is 0. The maximum atomic E-state index is 10.9. The van der Waals surface area contributed by atoms with Gasteiger partial charge in [-0.1, -0.05) is 67.5 Å². The van der Waals surface area contributed by atoms with Gasteiger partial charge in [0.1, 0.15) is 0 Å². The summed E-state index contributed by atoms with van der Waals surface area (Å²) in [6.07, 6.45) is 17.8. The zero-order valence-electron chi connectivity index (χ0n) is 17.8. The van der Waals surface area contributed by atoms with Crippen molar-refractivity contribution in [1.29, 1.82) is 0 Å². The Morgan fingerprint density at radius 3 is 2.61 bits per heavy atom. The number of carbonyl (C=O) groups is 1. The molecule has 1 aliphatic carbocycles. The normalized spacial score (nSPS) is 15.5. The van der Waals surface area contributed by atoms with Gasteiger partial charge in [0, 0.05) is 13.0 Å². The van der Waals surface area contributed by atoms with E-state index in [-0.39, 0.29) is 12.0 Å². The van der Waals surface area contributed by atoms with E-state index in [2.05, 4.69) is 41.7 Å². The van der Waals surface area contributed by atoms with Crippen molar-refractivity contribution in [3.63, 3.8) is 0 Å². The van der Waals surface area contributed by atoms with Crippen LogP contribution in [0, 0.1) is 5.92 Å². The van der Waals surface area contributed by atoms with Crippen LogP contribution in [0.5, 0.6) is 0 Å². The van der Waals surface area contributed by atoms with Gasteiger partial charge in [0.05, 0.1) is 6.10 Å². The molecular formula is C25H39NO2. The van der Waals surface area contributed by atoms with E-state index >= 15 is 0 Å². The molecule has 1 unspecified atom stereocenters. The Labute approximate surface area is 171 Å². The van der Waals surface area contributed by atoms with Gasteiger partial charge >= 0.3 is 0 Å². The molecule has 2 rings (SSSR count). The summed E-state index contributed by atoms with van der Waals surface area (Å²) < 4.78 is 0. The Hall–Kier alpha value is -1.87. The molecule has 1 aromatic rings. The highest BCUT2D eigenvalue weighted by Gasteiger charge is 2.11. The average molecular weight is 386 g/mol. The van der Waals surface area contributed by atoms with Crippen molar-refractivity contribution in [3.8, 4) is 0 Å². The van der Waals surface area contributed by atoms with Gasteiger partial charge < -0.3 is 10.4 Å². The molecule has 0 aliphatic heterocycles. The van der Waals surface area contributed by atoms with Gasteiger partial charge in [-0.15, -0.1) is 0 Å². The molecule has 3 nitrogen and oxygen atoms in total. The number of nitrogens with one attached hydrogen (secondary N) is 1. The number of aliphatic hydroxyl groups is 1. The van der Waals surface area contributed by atoms with Crippen LogP contribution in [0.2, 0.25) is 0 Å². The van der Waals surface area contributed by atoms with Crippen LogP contribution in [0.4, 0.5) is 0 Å². The number of aryl methyl sites for hydroxylation is 1. The van der Waals surface area contributed by atoms with Crippen molar-refractivity contribution in [2.24, 2.45) is 5.92 Å². The summed E-state index contributed by atoms with van der Waals surface area (Å²) in [4.78, 5) is 10.9. The van der Waals surface area contributed by atoms with Crippen molar-refractivity contribution in [2.75, 3.05) is 6.54 Å². The topological polar surface area (TPSA) is 49.3 Å². The zero-order valence-corrected chi connectivity index (χ0v) is 17.8. The van der Waals surface area contributed by atoms with Gasteiger partial charge in [0.15, 0.2) is 0 Å². The fourth-order valence-electron chi connectivity index (χ4n) is 3.32. The summed E-state index contributed by atoms with van der Waals surface area (Å²) in [5.74, 6) is 0.887. The summed E-state index contributed by atoms with van der Waals surface area (Å²) in [6, 6.07) is 10.4. The van der Waals surface area contributed by atoms with Crippen LogP contribution in [0.1, 0.15) is 70.8 Å². The lowest BCUT2D eigenvalue weighted by Crippen LogP contribution is -2.21. The first-order valence-electron chi connectivity index (χ1n) is 10.9. The second-order valence-corrected chi connectivity index (χ2v) is 7.44. The predicted octanol–water partition coefficient (Wildman–Crippen LogP) is 5.60. The van der Waals surface area contributed by atoms with E-state index in [1.807, 2.05) is 32.1 Å². The van der Waals surface area contributed by atoms with Crippen molar-refractivity contribution in [3.05, 3.63) is 60.2 Å². The molecule has 0 saturated heterocycles. The number of allylic oxidation sites excluding steroid dienone is 3. The molecule has 3 heteroatoms. The Kier molecular flexibility index (Phi) is 13.9. The lowest BCUT2D eigenvalue weighted by atomic mass is 10.0. The highest BCUT2D eigenvalue weighted by molar-refractivity contribution is 5.75. The molecule has 0 spiro atoms. The van der Waals surface area contributed by atoms with Crippen molar-refractivity contribution < 1.29 is 9.90 Å². The maximum Gasteiger partial charge on any atom is 0.219 e. The minimum Gasteiger partial charge on any atom is -0.389 e. The largest absolute Gasteiger partial charge is 0.389 e. The maximum absolute atomic E-state index is 10.9. The third kappa shape index (κ3) is 12.5. The van der Waals surface area contributed by atoms with Crippen LogP contribution in [0.3, 0.4) is 0 Å². The van der Waals surface area contributed by atoms with E-state index in [0.29, 0.717) is 6.42 Å². The molecule has 2 N–H and O–H groups in total. The number of rotatable bonds is 10. The van der Waals surface area contributed by atoms with E-state index in [1.54, 1.807) is 0 Å². The van der Waals surface area contributed by atoms with Gasteiger partial charge in [-0.25, -0.2) is 0 Å². The molecule has 1 atom stereocenters. The Morgan fingerprint density at radius 1 is 1.25 bits per heavy atom. The molecule has 28 heavy (non-hydrogen) atoms. The summed E-state index contributed by atoms with van der Waals surface area (Å²) >= 11 is 0. The number of unbranched alkanes of at least 4 members (excludes halogenated alkanes) is 1. The Morgan fingerprint density at radius 2 is 1.96 bits per heavy atom. The average Bonchev–Trinajstić information content (AvgIpc) is 3.23. The first-order valence-corrected chi connectivity index (χ1v) is 10.9. The van der Waals surface area contributed by atoms with Crippen LogP contribution in [0.25, 0.3) is 0 Å². The lowest BCUT2D eigenvalue weighted by Gasteiger charge is -2.07. The Balaban J connectivity index is 0.000000311. The zero-order chi connectivity index (χ0) is 20.5. The lowest BCUT2D eigenvalue weighted by molar-refractivity contribution is -0.121. The van der Waals surface area contributed by atoms with E-state index in [1.165, 1.54) is 31.2 Å². The van der Waals surface area contributed by atoms with Gasteiger partial charge in [-0.3, -0.25) is 4.79 Å². The number of carbonyl (C=O) groups excluding carboxylic acids is 1. The molecule has 0 bridgehead atoms. The van der Waals surface area contributed by atoms with Gasteiger partial charge in [0.2, 0.25) is 5.91 Å². The monoisotopic (exact) mass is 385 g/mol. The van der Waals surface area contributed by atoms with Gasteiger partial charge in [-0.05, 0) is 63.9 Å². The minimum absolute atomic E-state index is 0.164. The summed E-state index contributed by atoms with van der Waals surface area (Å²) in [5, 5.41) is 12.6. The smallest absolute Gasteiger partial charge is 0.219 e. The quantitative estimate of drug-likeness (QED) is 0.407. The third-order valence-electron chi connectivity index (χ3n) is 4.96. The summed E-state index contributed by atoms with van der Waals surface area (Å²) in [5.41, 5.74) is 1.31. The van der Waals surface area contributed by atoms with Crippen molar-refractivity contribution >= 4 is 5.91 Å². The molecule has 1 saturated carbocycles. The molecule has 1 fully saturated rings. The number of hydrogen-bond donors (Lipinski definition) is 2.